The summed E-state index contributed by atoms with van der Waals surface area (Å²) in [6.45, 7) is 0.0363. The zero-order chi connectivity index (χ0) is 10.7. The monoisotopic (exact) mass is 207 g/mol. The number of benzene rings is 1. The average molecular weight is 207 g/mol. The summed E-state index contributed by atoms with van der Waals surface area (Å²) in [6, 6.07) is 5.95. The normalized spacial score (nSPS) is 10.5. The second-order valence-corrected chi connectivity index (χ2v) is 3.09. The first-order valence-electron chi connectivity index (χ1n) is 4.57. The van der Waals surface area contributed by atoms with Crippen LogP contribution < -0.4 is 0 Å². The van der Waals surface area contributed by atoms with E-state index < -0.39 is 0 Å². The second-order valence-electron chi connectivity index (χ2n) is 3.09. The summed E-state index contributed by atoms with van der Waals surface area (Å²) in [5.74, 6) is -0.289. The van der Waals surface area contributed by atoms with Crippen LogP contribution in [-0.4, -0.2) is 26.7 Å². The molecule has 0 aliphatic carbocycles. The fourth-order valence-corrected chi connectivity index (χ4v) is 1.34. The predicted molar refractivity (Wildman–Crippen MR) is 52.1 cm³/mol. The predicted octanol–water partition coefficient (Wildman–Crippen LogP) is 0.941. The molecular formula is C10H10FN3O. The van der Waals surface area contributed by atoms with E-state index in [4.69, 9.17) is 5.11 Å². The average Bonchev–Trinajstić information content (AvgIpc) is 2.68. The lowest BCUT2D eigenvalue weighted by Crippen LogP contribution is -2.04. The van der Waals surface area contributed by atoms with Gasteiger partial charge in [-0.1, -0.05) is 5.21 Å². The van der Waals surface area contributed by atoms with Crippen LogP contribution in [0.3, 0.4) is 0 Å². The highest BCUT2D eigenvalue weighted by Crippen LogP contribution is 2.10. The number of hydrogen-bond acceptors (Lipinski definition) is 3. The molecule has 1 N–H and O–H groups in total. The Balaban J connectivity index is 2.36. The molecule has 0 saturated carbocycles. The summed E-state index contributed by atoms with van der Waals surface area (Å²) < 4.78 is 14.3. The Morgan fingerprint density at radius 2 is 2.00 bits per heavy atom. The van der Waals surface area contributed by atoms with Gasteiger partial charge in [0.2, 0.25) is 0 Å². The topological polar surface area (TPSA) is 50.9 Å². The molecule has 1 heterocycles. The summed E-state index contributed by atoms with van der Waals surface area (Å²) in [5, 5.41) is 16.4. The molecule has 0 radical (unpaired) electrons. The molecular weight excluding hydrogens is 197 g/mol. The van der Waals surface area contributed by atoms with Crippen LogP contribution in [0.4, 0.5) is 4.39 Å². The summed E-state index contributed by atoms with van der Waals surface area (Å²) >= 11 is 0. The molecule has 0 saturated heterocycles. The Morgan fingerprint density at radius 3 is 2.67 bits per heavy atom. The van der Waals surface area contributed by atoms with Gasteiger partial charge in [-0.15, -0.1) is 5.10 Å². The molecule has 0 atom stereocenters. The third-order valence-electron chi connectivity index (χ3n) is 2.06. The number of aliphatic hydroxyl groups excluding tert-OH is 1. The fraction of sp³-hybridized carbons (Fsp3) is 0.200. The Morgan fingerprint density at radius 1 is 1.27 bits per heavy atom. The van der Waals surface area contributed by atoms with Crippen molar-refractivity contribution < 1.29 is 9.50 Å². The maximum Gasteiger partial charge on any atom is 0.123 e. The van der Waals surface area contributed by atoms with E-state index >= 15 is 0 Å². The number of rotatable bonds is 3. The van der Waals surface area contributed by atoms with E-state index in [2.05, 4.69) is 10.3 Å². The molecule has 0 aliphatic heterocycles. The molecule has 0 bridgehead atoms. The van der Waals surface area contributed by atoms with Crippen molar-refractivity contribution in [2.75, 3.05) is 6.61 Å². The van der Waals surface area contributed by atoms with Crippen LogP contribution in [-0.2, 0) is 6.42 Å². The lowest BCUT2D eigenvalue weighted by Gasteiger charge is -2.04. The molecule has 15 heavy (non-hydrogen) atoms. The van der Waals surface area contributed by atoms with Crippen molar-refractivity contribution in [3.05, 3.63) is 42.0 Å². The van der Waals surface area contributed by atoms with Crippen molar-refractivity contribution in [1.29, 1.82) is 0 Å². The summed E-state index contributed by atoms with van der Waals surface area (Å²) in [7, 11) is 0. The number of halogens is 1. The minimum atomic E-state index is -0.289. The summed E-state index contributed by atoms with van der Waals surface area (Å²) in [4.78, 5) is 0. The Bertz CT molecular complexity index is 438. The highest BCUT2D eigenvalue weighted by molar-refractivity contribution is 5.32. The van der Waals surface area contributed by atoms with Crippen molar-refractivity contribution in [3.63, 3.8) is 0 Å². The number of hydrogen-bond donors (Lipinski definition) is 1. The first-order valence-corrected chi connectivity index (χ1v) is 4.57. The lowest BCUT2D eigenvalue weighted by molar-refractivity contribution is 0.297. The van der Waals surface area contributed by atoms with Gasteiger partial charge < -0.3 is 5.11 Å². The molecule has 0 unspecified atom stereocenters. The van der Waals surface area contributed by atoms with E-state index in [1.54, 1.807) is 23.0 Å². The standard InChI is InChI=1S/C10H10FN3O/c11-8-1-3-9(4-2-8)14-10(5-6-15)7-12-13-14/h1-4,7,15H,5-6H2. The SMILES string of the molecule is OCCc1cnnn1-c1ccc(F)cc1. The fourth-order valence-electron chi connectivity index (χ4n) is 1.34. The quantitative estimate of drug-likeness (QED) is 0.814. The van der Waals surface area contributed by atoms with Gasteiger partial charge >= 0.3 is 0 Å². The van der Waals surface area contributed by atoms with Gasteiger partial charge in [0, 0.05) is 13.0 Å². The number of aromatic nitrogens is 3. The van der Waals surface area contributed by atoms with Gasteiger partial charge in [0.25, 0.3) is 0 Å². The first kappa shape index (κ1) is 9.79. The third kappa shape index (κ3) is 2.02. The van der Waals surface area contributed by atoms with Gasteiger partial charge in [0.1, 0.15) is 5.82 Å². The van der Waals surface area contributed by atoms with E-state index in [0.29, 0.717) is 6.42 Å². The first-order chi connectivity index (χ1) is 7.31. The molecule has 2 rings (SSSR count). The minimum absolute atomic E-state index is 0.0363. The van der Waals surface area contributed by atoms with Crippen LogP contribution in [0, 0.1) is 5.82 Å². The Hall–Kier alpha value is -1.75. The van der Waals surface area contributed by atoms with Gasteiger partial charge in [-0.05, 0) is 24.3 Å². The molecule has 0 fully saturated rings. The molecule has 2 aromatic rings. The van der Waals surface area contributed by atoms with Crippen LogP contribution >= 0.6 is 0 Å². The van der Waals surface area contributed by atoms with Crippen LogP contribution in [0.1, 0.15) is 5.69 Å². The van der Waals surface area contributed by atoms with Crippen LogP contribution in [0.15, 0.2) is 30.5 Å². The maximum absolute atomic E-state index is 12.7. The van der Waals surface area contributed by atoms with E-state index in [1.807, 2.05) is 0 Å². The molecule has 0 amide bonds. The van der Waals surface area contributed by atoms with Crippen LogP contribution in [0.5, 0.6) is 0 Å². The van der Waals surface area contributed by atoms with Gasteiger partial charge in [-0.3, -0.25) is 0 Å². The molecule has 4 nitrogen and oxygen atoms in total. The molecule has 0 spiro atoms. The van der Waals surface area contributed by atoms with Crippen LogP contribution in [0.25, 0.3) is 5.69 Å². The zero-order valence-corrected chi connectivity index (χ0v) is 7.97. The second kappa shape index (κ2) is 4.18. The molecule has 0 aliphatic rings. The third-order valence-corrected chi connectivity index (χ3v) is 2.06. The van der Waals surface area contributed by atoms with Crippen molar-refractivity contribution in [1.82, 2.24) is 15.0 Å². The summed E-state index contributed by atoms with van der Waals surface area (Å²) in [6.07, 6.45) is 2.06. The van der Waals surface area contributed by atoms with Crippen molar-refractivity contribution in [3.8, 4) is 5.69 Å². The Kier molecular flexibility index (Phi) is 2.73. The van der Waals surface area contributed by atoms with Gasteiger partial charge in [0.05, 0.1) is 17.6 Å². The molecule has 1 aromatic heterocycles. The van der Waals surface area contributed by atoms with Crippen molar-refractivity contribution >= 4 is 0 Å². The van der Waals surface area contributed by atoms with E-state index in [9.17, 15) is 4.39 Å². The number of nitrogens with zero attached hydrogens (tertiary/aromatic N) is 3. The van der Waals surface area contributed by atoms with E-state index in [1.165, 1.54) is 12.1 Å². The van der Waals surface area contributed by atoms with E-state index in [-0.39, 0.29) is 12.4 Å². The zero-order valence-electron chi connectivity index (χ0n) is 7.97. The van der Waals surface area contributed by atoms with Crippen molar-refractivity contribution in [2.45, 2.75) is 6.42 Å². The largest absolute Gasteiger partial charge is 0.396 e. The smallest absolute Gasteiger partial charge is 0.123 e. The van der Waals surface area contributed by atoms with Crippen LogP contribution in [0.2, 0.25) is 0 Å². The van der Waals surface area contributed by atoms with Crippen molar-refractivity contribution in [2.24, 2.45) is 0 Å². The minimum Gasteiger partial charge on any atom is -0.396 e. The highest BCUT2D eigenvalue weighted by Gasteiger charge is 2.05. The molecule has 78 valence electrons. The van der Waals surface area contributed by atoms with Gasteiger partial charge in [-0.2, -0.15) is 0 Å². The van der Waals surface area contributed by atoms with Gasteiger partial charge in [0.15, 0.2) is 0 Å². The van der Waals surface area contributed by atoms with E-state index in [0.717, 1.165) is 11.4 Å². The lowest BCUT2D eigenvalue weighted by atomic mass is 10.3. The Labute approximate surface area is 86.0 Å². The van der Waals surface area contributed by atoms with Gasteiger partial charge in [-0.25, -0.2) is 9.07 Å². The number of aliphatic hydroxyl groups is 1. The molecule has 1 aromatic carbocycles. The molecule has 5 heteroatoms. The maximum atomic E-state index is 12.7. The summed E-state index contributed by atoms with van der Waals surface area (Å²) in [5.41, 5.74) is 1.53. The highest BCUT2D eigenvalue weighted by atomic mass is 19.1.